The van der Waals surface area contributed by atoms with E-state index in [9.17, 15) is 19.8 Å². The number of carbonyl (C=O) groups is 2. The smallest absolute Gasteiger partial charge is 0.411 e. The Morgan fingerprint density at radius 2 is 1.82 bits per heavy atom. The summed E-state index contributed by atoms with van der Waals surface area (Å²) in [5, 5.41) is 27.4. The fraction of sp³-hybridized carbons (Fsp3) is 0.533. The summed E-state index contributed by atoms with van der Waals surface area (Å²) in [5.41, 5.74) is 0.435. The molecule has 0 aromatic heterocycles. The maximum Gasteiger partial charge on any atom is 0.411 e. The van der Waals surface area contributed by atoms with Gasteiger partial charge in [-0.1, -0.05) is 38.1 Å². The number of hydrogen-bond acceptors (Lipinski definition) is 7. The fourth-order valence-corrected chi connectivity index (χ4v) is 7.10. The largest absolute Gasteiger partial charge is 0.454 e. The van der Waals surface area contributed by atoms with Crippen LogP contribution in [-0.4, -0.2) is 47.8 Å². The van der Waals surface area contributed by atoms with Gasteiger partial charge < -0.3 is 29.7 Å². The lowest BCUT2D eigenvalue weighted by Gasteiger charge is -2.60. The van der Waals surface area contributed by atoms with Crippen LogP contribution in [0.5, 0.6) is 11.5 Å². The molecule has 2 aromatic carbocycles. The normalized spacial score (nSPS) is 31.2. The van der Waals surface area contributed by atoms with Crippen LogP contribution in [0, 0.1) is 22.7 Å². The van der Waals surface area contributed by atoms with Gasteiger partial charge in [0.15, 0.2) is 11.5 Å². The summed E-state index contributed by atoms with van der Waals surface area (Å²) in [5.74, 6) is 0.911. The molecule has 2 aromatic rings. The molecule has 2 saturated carbocycles. The standard InChI is InChI=1S/C30H38N2O7/c1-29-13-12-26(39-28(36)32-20-6-4-3-5-7-20)30(2,17-33)25(29)11-9-22(34)21(29)15-27(35)31-16-19-8-10-23-24(14-19)38-18-37-23/h3-8,10,14,21-22,25-26,33-34H,9,11-13,15-18H2,1-2H3,(H,31,35)(H,32,36). The van der Waals surface area contributed by atoms with Crippen molar-refractivity contribution in [3.63, 3.8) is 0 Å². The van der Waals surface area contributed by atoms with Crippen molar-refractivity contribution in [2.75, 3.05) is 18.7 Å². The second kappa shape index (κ2) is 11.1. The Labute approximate surface area is 228 Å². The summed E-state index contributed by atoms with van der Waals surface area (Å²) in [6, 6.07) is 14.7. The van der Waals surface area contributed by atoms with Gasteiger partial charge in [-0.2, -0.15) is 0 Å². The zero-order chi connectivity index (χ0) is 27.6. The Morgan fingerprint density at radius 1 is 1.05 bits per heavy atom. The number of hydrogen-bond donors (Lipinski definition) is 4. The first-order chi connectivity index (χ1) is 18.7. The van der Waals surface area contributed by atoms with E-state index in [2.05, 4.69) is 17.6 Å². The summed E-state index contributed by atoms with van der Waals surface area (Å²) in [4.78, 5) is 25.8. The molecule has 39 heavy (non-hydrogen) atoms. The minimum absolute atomic E-state index is 0.0339. The average Bonchev–Trinajstić information content (AvgIpc) is 3.40. The first-order valence-electron chi connectivity index (χ1n) is 13.7. The summed E-state index contributed by atoms with van der Waals surface area (Å²) >= 11 is 0. The molecule has 9 heteroatoms. The summed E-state index contributed by atoms with van der Waals surface area (Å²) in [6.07, 6.45) is 0.944. The van der Waals surface area contributed by atoms with Gasteiger partial charge in [0.05, 0.1) is 12.7 Å². The van der Waals surface area contributed by atoms with Crippen LogP contribution in [0.25, 0.3) is 0 Å². The molecular weight excluding hydrogens is 500 g/mol. The van der Waals surface area contributed by atoms with E-state index in [1.54, 1.807) is 12.1 Å². The van der Waals surface area contributed by atoms with E-state index in [0.717, 1.165) is 5.56 Å². The van der Waals surface area contributed by atoms with Crippen molar-refractivity contribution in [2.45, 2.75) is 64.7 Å². The SMILES string of the molecule is CC1(CO)C(OC(=O)Nc2ccccc2)CCC2(C)C(CC(=O)NCc3ccc4c(c3)OCO4)C(O)CCC12. The van der Waals surface area contributed by atoms with E-state index in [-0.39, 0.29) is 37.6 Å². The van der Waals surface area contributed by atoms with Crippen LogP contribution in [-0.2, 0) is 16.1 Å². The van der Waals surface area contributed by atoms with Crippen molar-refractivity contribution in [3.05, 3.63) is 54.1 Å². The van der Waals surface area contributed by atoms with Crippen LogP contribution in [0.1, 0.15) is 51.5 Å². The van der Waals surface area contributed by atoms with Gasteiger partial charge in [0.1, 0.15) is 6.10 Å². The highest BCUT2D eigenvalue weighted by Crippen LogP contribution is 2.61. The summed E-state index contributed by atoms with van der Waals surface area (Å²) in [6.45, 7) is 4.46. The number of benzene rings is 2. The van der Waals surface area contributed by atoms with Gasteiger partial charge >= 0.3 is 6.09 Å². The first-order valence-corrected chi connectivity index (χ1v) is 13.7. The van der Waals surface area contributed by atoms with Crippen LogP contribution < -0.4 is 20.1 Å². The Balaban J connectivity index is 1.25. The number of nitrogens with one attached hydrogen (secondary N) is 2. The van der Waals surface area contributed by atoms with Crippen molar-refractivity contribution in [1.29, 1.82) is 0 Å². The molecule has 6 atom stereocenters. The molecular formula is C30H38N2O7. The molecule has 3 aliphatic rings. The highest BCUT2D eigenvalue weighted by Gasteiger charge is 2.60. The quantitative estimate of drug-likeness (QED) is 0.416. The maximum absolute atomic E-state index is 13.1. The maximum atomic E-state index is 13.1. The van der Waals surface area contributed by atoms with Crippen LogP contribution in [0.2, 0.25) is 0 Å². The molecule has 6 unspecified atom stereocenters. The zero-order valence-corrected chi connectivity index (χ0v) is 22.5. The number of amides is 2. The predicted molar refractivity (Wildman–Crippen MR) is 144 cm³/mol. The summed E-state index contributed by atoms with van der Waals surface area (Å²) in [7, 11) is 0. The third-order valence-electron chi connectivity index (χ3n) is 9.28. The van der Waals surface area contributed by atoms with E-state index >= 15 is 0 Å². The van der Waals surface area contributed by atoms with Gasteiger partial charge in [-0.05, 0) is 72.8 Å². The molecule has 5 rings (SSSR count). The van der Waals surface area contributed by atoms with Crippen LogP contribution in [0.4, 0.5) is 10.5 Å². The number of carbonyl (C=O) groups excluding carboxylic acids is 2. The molecule has 0 spiro atoms. The molecule has 1 aliphatic heterocycles. The van der Waals surface area contributed by atoms with E-state index in [1.807, 2.05) is 43.3 Å². The van der Waals surface area contributed by atoms with Gasteiger partial charge in [-0.15, -0.1) is 0 Å². The Bertz CT molecular complexity index is 1190. The minimum Gasteiger partial charge on any atom is -0.454 e. The number of rotatable bonds is 7. The van der Waals surface area contributed by atoms with Gasteiger partial charge in [0.25, 0.3) is 0 Å². The molecule has 2 fully saturated rings. The van der Waals surface area contributed by atoms with Crippen molar-refractivity contribution < 1.29 is 34.0 Å². The Hall–Kier alpha value is -3.30. The van der Waals surface area contributed by atoms with E-state index < -0.39 is 29.1 Å². The number of aliphatic hydroxyl groups excluding tert-OH is 2. The monoisotopic (exact) mass is 538 g/mol. The fourth-order valence-electron chi connectivity index (χ4n) is 7.10. The number of para-hydroxylation sites is 1. The summed E-state index contributed by atoms with van der Waals surface area (Å²) < 4.78 is 16.7. The lowest BCUT2D eigenvalue weighted by molar-refractivity contribution is -0.185. The highest BCUT2D eigenvalue weighted by molar-refractivity contribution is 5.84. The van der Waals surface area contributed by atoms with Crippen molar-refractivity contribution >= 4 is 17.7 Å². The first kappa shape index (κ1) is 27.3. The van der Waals surface area contributed by atoms with Crippen molar-refractivity contribution in [2.24, 2.45) is 22.7 Å². The second-order valence-corrected chi connectivity index (χ2v) is 11.6. The molecule has 0 saturated heterocycles. The molecule has 2 amide bonds. The number of anilines is 1. The van der Waals surface area contributed by atoms with E-state index in [1.165, 1.54) is 0 Å². The average molecular weight is 539 g/mol. The highest BCUT2D eigenvalue weighted by atomic mass is 16.7. The predicted octanol–water partition coefficient (Wildman–Crippen LogP) is 4.22. The number of ether oxygens (including phenoxy) is 3. The number of fused-ring (bicyclic) bond motifs is 2. The van der Waals surface area contributed by atoms with Gasteiger partial charge in [0, 0.05) is 24.1 Å². The molecule has 9 nitrogen and oxygen atoms in total. The van der Waals surface area contributed by atoms with Gasteiger partial charge in [0.2, 0.25) is 12.7 Å². The van der Waals surface area contributed by atoms with Crippen molar-refractivity contribution in [3.8, 4) is 11.5 Å². The van der Waals surface area contributed by atoms with E-state index in [0.29, 0.717) is 49.4 Å². The lowest BCUT2D eigenvalue weighted by Crippen LogP contribution is -2.61. The number of aliphatic hydroxyl groups is 2. The molecule has 0 bridgehead atoms. The molecule has 1 heterocycles. The second-order valence-electron chi connectivity index (χ2n) is 11.6. The third-order valence-corrected chi connectivity index (χ3v) is 9.28. The third kappa shape index (κ3) is 5.43. The lowest BCUT2D eigenvalue weighted by atomic mass is 9.46. The minimum atomic E-state index is -0.706. The van der Waals surface area contributed by atoms with Crippen LogP contribution in [0.15, 0.2) is 48.5 Å². The van der Waals surface area contributed by atoms with Crippen molar-refractivity contribution in [1.82, 2.24) is 5.32 Å². The molecule has 0 radical (unpaired) electrons. The van der Waals surface area contributed by atoms with Crippen LogP contribution in [0.3, 0.4) is 0 Å². The molecule has 210 valence electrons. The van der Waals surface area contributed by atoms with Gasteiger partial charge in [-0.3, -0.25) is 10.1 Å². The Kier molecular flexibility index (Phi) is 7.73. The van der Waals surface area contributed by atoms with Crippen LogP contribution >= 0.6 is 0 Å². The molecule has 2 aliphatic carbocycles. The zero-order valence-electron chi connectivity index (χ0n) is 22.5. The van der Waals surface area contributed by atoms with E-state index in [4.69, 9.17) is 14.2 Å². The Morgan fingerprint density at radius 3 is 2.59 bits per heavy atom. The topological polar surface area (TPSA) is 126 Å². The van der Waals surface area contributed by atoms with Gasteiger partial charge in [-0.25, -0.2) is 4.79 Å². The molecule has 4 N–H and O–H groups in total.